The molecule has 96 valence electrons. The smallest absolute Gasteiger partial charge is 0.179 e. The highest BCUT2D eigenvalue weighted by molar-refractivity contribution is 7.91. The quantitative estimate of drug-likeness (QED) is 0.775. The van der Waals surface area contributed by atoms with Gasteiger partial charge in [-0.15, -0.1) is 0 Å². The molecule has 1 aromatic rings. The highest BCUT2D eigenvalue weighted by atomic mass is 32.2. The first kappa shape index (κ1) is 13.0. The SMILES string of the molecule is O=C1CCCC(=O)C1CS(=O)(=O)c1ccccc1. The van der Waals surface area contributed by atoms with Crippen molar-refractivity contribution in [1.29, 1.82) is 0 Å². The van der Waals surface area contributed by atoms with Gasteiger partial charge in [0.25, 0.3) is 0 Å². The summed E-state index contributed by atoms with van der Waals surface area (Å²) in [5.41, 5.74) is 0. The number of benzene rings is 1. The maximum atomic E-state index is 12.1. The molecular formula is C13H14O4S. The van der Waals surface area contributed by atoms with Crippen LogP contribution in [-0.4, -0.2) is 25.7 Å². The monoisotopic (exact) mass is 266 g/mol. The molecule has 1 aromatic carbocycles. The fourth-order valence-electron chi connectivity index (χ4n) is 2.09. The molecule has 0 heterocycles. The second-order valence-corrected chi connectivity index (χ2v) is 6.47. The number of hydrogen-bond donors (Lipinski definition) is 0. The molecule has 0 aromatic heterocycles. The summed E-state index contributed by atoms with van der Waals surface area (Å²) >= 11 is 0. The zero-order valence-electron chi connectivity index (χ0n) is 9.83. The number of ketones is 2. The molecule has 2 rings (SSSR count). The molecule has 0 N–H and O–H groups in total. The van der Waals surface area contributed by atoms with Gasteiger partial charge >= 0.3 is 0 Å². The predicted molar refractivity (Wildman–Crippen MR) is 65.8 cm³/mol. The molecule has 4 nitrogen and oxygen atoms in total. The minimum atomic E-state index is -3.57. The molecule has 0 unspecified atom stereocenters. The van der Waals surface area contributed by atoms with Crippen LogP contribution in [-0.2, 0) is 19.4 Å². The Labute approximate surface area is 106 Å². The third kappa shape index (κ3) is 2.67. The van der Waals surface area contributed by atoms with Gasteiger partial charge in [0, 0.05) is 12.8 Å². The van der Waals surface area contributed by atoms with Crippen LogP contribution in [0, 0.1) is 5.92 Å². The summed E-state index contributed by atoms with van der Waals surface area (Å²) in [5.74, 6) is -1.85. The second-order valence-electron chi connectivity index (χ2n) is 4.43. The lowest BCUT2D eigenvalue weighted by Crippen LogP contribution is -2.34. The van der Waals surface area contributed by atoms with Crippen LogP contribution >= 0.6 is 0 Å². The molecule has 0 aliphatic heterocycles. The molecule has 0 amide bonds. The first-order chi connectivity index (χ1) is 8.50. The van der Waals surface area contributed by atoms with Crippen LogP contribution in [0.5, 0.6) is 0 Å². The van der Waals surface area contributed by atoms with E-state index in [4.69, 9.17) is 0 Å². The average Bonchev–Trinajstić information content (AvgIpc) is 2.35. The number of carbonyl (C=O) groups is 2. The summed E-state index contributed by atoms with van der Waals surface area (Å²) in [5, 5.41) is 0. The lowest BCUT2D eigenvalue weighted by atomic mass is 9.88. The normalized spacial score (nSPS) is 18.0. The van der Waals surface area contributed by atoms with Gasteiger partial charge in [0.15, 0.2) is 9.84 Å². The molecule has 1 fully saturated rings. The van der Waals surface area contributed by atoms with Crippen LogP contribution in [0.15, 0.2) is 35.2 Å². The summed E-state index contributed by atoms with van der Waals surface area (Å²) in [6.07, 6.45) is 1.15. The van der Waals surface area contributed by atoms with Gasteiger partial charge in [-0.25, -0.2) is 8.42 Å². The van der Waals surface area contributed by atoms with E-state index in [2.05, 4.69) is 0 Å². The Morgan fingerprint density at radius 1 is 1.00 bits per heavy atom. The van der Waals surface area contributed by atoms with Crippen LogP contribution in [0.1, 0.15) is 19.3 Å². The van der Waals surface area contributed by atoms with Crippen LogP contribution < -0.4 is 0 Å². The van der Waals surface area contributed by atoms with E-state index in [1.807, 2.05) is 0 Å². The topological polar surface area (TPSA) is 68.3 Å². The van der Waals surface area contributed by atoms with Crippen molar-refractivity contribution in [2.75, 3.05) is 5.75 Å². The van der Waals surface area contributed by atoms with E-state index < -0.39 is 21.5 Å². The molecule has 0 bridgehead atoms. The van der Waals surface area contributed by atoms with Crippen molar-refractivity contribution >= 4 is 21.4 Å². The molecule has 5 heteroatoms. The summed E-state index contributed by atoms with van der Waals surface area (Å²) in [4.78, 5) is 23.4. The van der Waals surface area contributed by atoms with Crippen LogP contribution in [0.4, 0.5) is 0 Å². The minimum Gasteiger partial charge on any atom is -0.299 e. The molecule has 0 radical (unpaired) electrons. The average molecular weight is 266 g/mol. The van der Waals surface area contributed by atoms with Crippen molar-refractivity contribution < 1.29 is 18.0 Å². The zero-order chi connectivity index (χ0) is 13.2. The van der Waals surface area contributed by atoms with Crippen LogP contribution in [0.25, 0.3) is 0 Å². The predicted octanol–water partition coefficient (Wildman–Crippen LogP) is 1.40. The van der Waals surface area contributed by atoms with E-state index in [0.29, 0.717) is 19.3 Å². The molecule has 1 aliphatic rings. The van der Waals surface area contributed by atoms with E-state index >= 15 is 0 Å². The zero-order valence-corrected chi connectivity index (χ0v) is 10.7. The maximum Gasteiger partial charge on any atom is 0.179 e. The van der Waals surface area contributed by atoms with Crippen LogP contribution in [0.3, 0.4) is 0 Å². The first-order valence-corrected chi connectivity index (χ1v) is 7.49. The van der Waals surface area contributed by atoms with Crippen molar-refractivity contribution in [1.82, 2.24) is 0 Å². The third-order valence-corrected chi connectivity index (χ3v) is 4.87. The lowest BCUT2D eigenvalue weighted by molar-refractivity contribution is -0.134. The van der Waals surface area contributed by atoms with E-state index in [-0.39, 0.29) is 16.5 Å². The van der Waals surface area contributed by atoms with Gasteiger partial charge in [-0.1, -0.05) is 18.2 Å². The largest absolute Gasteiger partial charge is 0.299 e. The molecule has 0 atom stereocenters. The van der Waals surface area contributed by atoms with Gasteiger partial charge in [0.1, 0.15) is 11.6 Å². The fraction of sp³-hybridized carbons (Fsp3) is 0.385. The summed E-state index contributed by atoms with van der Waals surface area (Å²) in [6, 6.07) is 7.92. The van der Waals surface area contributed by atoms with E-state index in [9.17, 15) is 18.0 Å². The number of hydrogen-bond acceptors (Lipinski definition) is 4. The fourth-order valence-corrected chi connectivity index (χ4v) is 3.67. The van der Waals surface area contributed by atoms with Gasteiger partial charge in [-0.05, 0) is 18.6 Å². The highest BCUT2D eigenvalue weighted by Gasteiger charge is 2.34. The van der Waals surface area contributed by atoms with Gasteiger partial charge in [-0.3, -0.25) is 9.59 Å². The number of Topliss-reactive ketones (excluding diaryl/α,β-unsaturated/α-hetero) is 2. The second kappa shape index (κ2) is 5.02. The van der Waals surface area contributed by atoms with E-state index in [1.165, 1.54) is 12.1 Å². The Morgan fingerprint density at radius 2 is 1.56 bits per heavy atom. The molecular weight excluding hydrogens is 252 g/mol. The minimum absolute atomic E-state index is 0.163. The number of carbonyl (C=O) groups excluding carboxylic acids is 2. The van der Waals surface area contributed by atoms with Gasteiger partial charge < -0.3 is 0 Å². The van der Waals surface area contributed by atoms with Crippen molar-refractivity contribution in [2.24, 2.45) is 5.92 Å². The van der Waals surface area contributed by atoms with E-state index in [1.54, 1.807) is 18.2 Å². The molecule has 18 heavy (non-hydrogen) atoms. The molecule has 1 aliphatic carbocycles. The first-order valence-electron chi connectivity index (χ1n) is 5.84. The maximum absolute atomic E-state index is 12.1. The van der Waals surface area contributed by atoms with Gasteiger partial charge in [0.05, 0.1) is 16.6 Å². The lowest BCUT2D eigenvalue weighted by Gasteiger charge is -2.19. The summed E-state index contributed by atoms with van der Waals surface area (Å²) in [6.45, 7) is 0. The standard InChI is InChI=1S/C13H14O4S/c14-12-7-4-8-13(15)11(12)9-18(16,17)10-5-2-1-3-6-10/h1-3,5-6,11H,4,7-9H2. The Morgan fingerprint density at radius 3 is 2.11 bits per heavy atom. The van der Waals surface area contributed by atoms with Crippen molar-refractivity contribution in [2.45, 2.75) is 24.2 Å². The molecule has 0 spiro atoms. The van der Waals surface area contributed by atoms with Crippen molar-refractivity contribution in [3.05, 3.63) is 30.3 Å². The van der Waals surface area contributed by atoms with Gasteiger partial charge in [-0.2, -0.15) is 0 Å². The Bertz CT molecular complexity index is 544. The van der Waals surface area contributed by atoms with E-state index in [0.717, 1.165) is 0 Å². The van der Waals surface area contributed by atoms with Crippen molar-refractivity contribution in [3.63, 3.8) is 0 Å². The Balaban J connectivity index is 2.23. The Kier molecular flexibility index (Phi) is 3.61. The van der Waals surface area contributed by atoms with Crippen LogP contribution in [0.2, 0.25) is 0 Å². The van der Waals surface area contributed by atoms with Gasteiger partial charge in [0.2, 0.25) is 0 Å². The number of sulfone groups is 1. The highest BCUT2D eigenvalue weighted by Crippen LogP contribution is 2.22. The number of rotatable bonds is 3. The molecule has 1 saturated carbocycles. The summed E-state index contributed by atoms with van der Waals surface area (Å²) in [7, 11) is -3.57. The summed E-state index contributed by atoms with van der Waals surface area (Å²) < 4.78 is 24.2. The van der Waals surface area contributed by atoms with Crippen molar-refractivity contribution in [3.8, 4) is 0 Å². The Hall–Kier alpha value is -1.49. The molecule has 0 saturated heterocycles. The third-order valence-electron chi connectivity index (χ3n) is 3.11.